The fourth-order valence-electron chi connectivity index (χ4n) is 3.00. The van der Waals surface area contributed by atoms with Crippen LogP contribution in [0.3, 0.4) is 0 Å². The van der Waals surface area contributed by atoms with Crippen molar-refractivity contribution in [2.24, 2.45) is 0 Å². The molecule has 1 aromatic rings. The van der Waals surface area contributed by atoms with Crippen LogP contribution in [0.4, 0.5) is 5.69 Å². The summed E-state index contributed by atoms with van der Waals surface area (Å²) in [6.45, 7) is 6.70. The van der Waals surface area contributed by atoms with E-state index in [-0.39, 0.29) is 0 Å². The highest BCUT2D eigenvalue weighted by atomic mass is 15.2. The van der Waals surface area contributed by atoms with Gasteiger partial charge in [-0.2, -0.15) is 0 Å². The smallest absolute Gasteiger partial charge is 0.0359 e. The first-order chi connectivity index (χ1) is 8.70. The molecule has 100 valence electrons. The molecule has 2 N–H and O–H groups in total. The lowest BCUT2D eigenvalue weighted by Gasteiger charge is -2.29. The van der Waals surface area contributed by atoms with Crippen LogP contribution in [0.2, 0.25) is 0 Å². The maximum absolute atomic E-state index is 6.11. The van der Waals surface area contributed by atoms with E-state index < -0.39 is 0 Å². The fraction of sp³-hybridized carbons (Fsp3) is 0.625. The molecule has 1 aliphatic heterocycles. The maximum atomic E-state index is 6.11. The Balaban J connectivity index is 2.12. The summed E-state index contributed by atoms with van der Waals surface area (Å²) in [6.07, 6.45) is 6.71. The normalized spacial score (nSPS) is 21.8. The Morgan fingerprint density at radius 3 is 2.89 bits per heavy atom. The Labute approximate surface area is 111 Å². The molecule has 0 saturated carbocycles. The highest BCUT2D eigenvalue weighted by Crippen LogP contribution is 2.23. The Morgan fingerprint density at radius 1 is 1.28 bits per heavy atom. The van der Waals surface area contributed by atoms with Crippen molar-refractivity contribution in [1.29, 1.82) is 0 Å². The molecule has 0 aliphatic carbocycles. The van der Waals surface area contributed by atoms with Crippen molar-refractivity contribution < 1.29 is 0 Å². The summed E-state index contributed by atoms with van der Waals surface area (Å²) in [4.78, 5) is 2.64. The zero-order valence-electron chi connectivity index (χ0n) is 11.8. The largest absolute Gasteiger partial charge is 0.398 e. The number of rotatable bonds is 3. The van der Waals surface area contributed by atoms with Crippen molar-refractivity contribution in [2.45, 2.75) is 58.5 Å². The first kappa shape index (κ1) is 13.4. The average molecular weight is 246 g/mol. The molecular formula is C16H26N2. The molecule has 1 saturated heterocycles. The summed E-state index contributed by atoms with van der Waals surface area (Å²) in [5, 5.41) is 0. The van der Waals surface area contributed by atoms with Gasteiger partial charge in [0.05, 0.1) is 0 Å². The van der Waals surface area contributed by atoms with Gasteiger partial charge in [0, 0.05) is 18.3 Å². The quantitative estimate of drug-likeness (QED) is 0.823. The molecule has 1 fully saturated rings. The molecule has 1 aliphatic rings. The molecular weight excluding hydrogens is 220 g/mol. The van der Waals surface area contributed by atoms with Crippen molar-refractivity contribution in [2.75, 3.05) is 12.3 Å². The second kappa shape index (κ2) is 6.24. The van der Waals surface area contributed by atoms with Gasteiger partial charge >= 0.3 is 0 Å². The van der Waals surface area contributed by atoms with Gasteiger partial charge in [0.1, 0.15) is 0 Å². The van der Waals surface area contributed by atoms with Crippen molar-refractivity contribution in [3.05, 3.63) is 29.3 Å². The number of hydrogen-bond donors (Lipinski definition) is 1. The van der Waals surface area contributed by atoms with Crippen LogP contribution in [0.5, 0.6) is 0 Å². The first-order valence-corrected chi connectivity index (χ1v) is 7.29. The highest BCUT2D eigenvalue weighted by molar-refractivity contribution is 5.48. The van der Waals surface area contributed by atoms with Crippen molar-refractivity contribution in [3.63, 3.8) is 0 Å². The molecule has 0 radical (unpaired) electrons. The van der Waals surface area contributed by atoms with Crippen molar-refractivity contribution in [3.8, 4) is 0 Å². The van der Waals surface area contributed by atoms with Gasteiger partial charge in [-0.1, -0.05) is 37.5 Å². The topological polar surface area (TPSA) is 29.3 Å². The summed E-state index contributed by atoms with van der Waals surface area (Å²) in [7, 11) is 0. The molecule has 0 spiro atoms. The molecule has 0 amide bonds. The molecule has 2 rings (SSSR count). The molecule has 18 heavy (non-hydrogen) atoms. The third kappa shape index (κ3) is 3.26. The van der Waals surface area contributed by atoms with Gasteiger partial charge in [0.15, 0.2) is 0 Å². The molecule has 1 heterocycles. The van der Waals surface area contributed by atoms with E-state index in [1.54, 1.807) is 0 Å². The zero-order chi connectivity index (χ0) is 13.0. The second-order valence-corrected chi connectivity index (χ2v) is 5.58. The minimum atomic E-state index is 0.743. The van der Waals surface area contributed by atoms with Crippen LogP contribution >= 0.6 is 0 Å². The summed E-state index contributed by atoms with van der Waals surface area (Å²) in [6, 6.07) is 7.13. The first-order valence-electron chi connectivity index (χ1n) is 7.29. The Kier molecular flexibility index (Phi) is 4.65. The minimum absolute atomic E-state index is 0.743. The SMILES string of the molecule is CCC1CCCCCN1Cc1cc(C)ccc1N. The van der Waals surface area contributed by atoms with Gasteiger partial charge in [-0.25, -0.2) is 0 Å². The van der Waals surface area contributed by atoms with Gasteiger partial charge in [-0.15, -0.1) is 0 Å². The Morgan fingerprint density at radius 2 is 2.11 bits per heavy atom. The lowest BCUT2D eigenvalue weighted by molar-refractivity contribution is 0.186. The van der Waals surface area contributed by atoms with Crippen molar-refractivity contribution in [1.82, 2.24) is 4.90 Å². The maximum Gasteiger partial charge on any atom is 0.0359 e. The monoisotopic (exact) mass is 246 g/mol. The molecule has 1 unspecified atom stereocenters. The summed E-state index contributed by atoms with van der Waals surface area (Å²) < 4.78 is 0. The van der Waals surface area contributed by atoms with Gasteiger partial charge in [-0.05, 0) is 44.4 Å². The predicted octanol–water partition coefficient (Wildman–Crippen LogP) is 3.73. The third-order valence-electron chi connectivity index (χ3n) is 4.14. The van der Waals surface area contributed by atoms with E-state index in [1.807, 2.05) is 6.07 Å². The van der Waals surface area contributed by atoms with Crippen LogP contribution in [0.15, 0.2) is 18.2 Å². The van der Waals surface area contributed by atoms with Crippen LogP contribution in [0, 0.1) is 6.92 Å². The Bertz CT molecular complexity index is 387. The number of benzene rings is 1. The Hall–Kier alpha value is -1.02. The zero-order valence-corrected chi connectivity index (χ0v) is 11.8. The average Bonchev–Trinajstić information content (AvgIpc) is 2.59. The fourth-order valence-corrected chi connectivity index (χ4v) is 3.00. The molecule has 0 bridgehead atoms. The van der Waals surface area contributed by atoms with E-state index in [4.69, 9.17) is 5.73 Å². The number of nitrogens with zero attached hydrogens (tertiary/aromatic N) is 1. The van der Waals surface area contributed by atoms with Crippen molar-refractivity contribution >= 4 is 5.69 Å². The van der Waals surface area contributed by atoms with E-state index in [0.29, 0.717) is 0 Å². The van der Waals surface area contributed by atoms with Crippen LogP contribution in [-0.4, -0.2) is 17.5 Å². The standard InChI is InChI=1S/C16H26N2/c1-3-15-7-5-4-6-10-18(15)12-14-11-13(2)8-9-16(14)17/h8-9,11,15H,3-7,10,12,17H2,1-2H3. The summed E-state index contributed by atoms with van der Waals surface area (Å²) in [5.41, 5.74) is 9.66. The molecule has 2 heteroatoms. The van der Waals surface area contributed by atoms with Crippen LogP contribution in [0.1, 0.15) is 50.2 Å². The molecule has 2 nitrogen and oxygen atoms in total. The number of nitrogen functional groups attached to an aromatic ring is 1. The van der Waals surface area contributed by atoms with E-state index in [0.717, 1.165) is 18.3 Å². The van der Waals surface area contributed by atoms with Crippen LogP contribution in [0.25, 0.3) is 0 Å². The lowest BCUT2D eigenvalue weighted by Crippen LogP contribution is -2.34. The van der Waals surface area contributed by atoms with Gasteiger partial charge in [-0.3, -0.25) is 4.90 Å². The van der Waals surface area contributed by atoms with Crippen LogP contribution < -0.4 is 5.73 Å². The number of anilines is 1. The lowest BCUT2D eigenvalue weighted by atomic mass is 10.1. The molecule has 1 atom stereocenters. The third-order valence-corrected chi connectivity index (χ3v) is 4.14. The predicted molar refractivity (Wildman–Crippen MR) is 78.5 cm³/mol. The van der Waals surface area contributed by atoms with Crippen LogP contribution in [-0.2, 0) is 6.54 Å². The number of likely N-dealkylation sites (tertiary alicyclic amines) is 1. The van der Waals surface area contributed by atoms with Gasteiger partial charge < -0.3 is 5.73 Å². The highest BCUT2D eigenvalue weighted by Gasteiger charge is 2.19. The van der Waals surface area contributed by atoms with E-state index >= 15 is 0 Å². The second-order valence-electron chi connectivity index (χ2n) is 5.58. The van der Waals surface area contributed by atoms with E-state index in [9.17, 15) is 0 Å². The minimum Gasteiger partial charge on any atom is -0.398 e. The molecule has 0 aromatic heterocycles. The van der Waals surface area contributed by atoms with E-state index in [1.165, 1.54) is 49.8 Å². The summed E-state index contributed by atoms with van der Waals surface area (Å²) in [5.74, 6) is 0. The molecule has 1 aromatic carbocycles. The number of hydrogen-bond acceptors (Lipinski definition) is 2. The van der Waals surface area contributed by atoms with Gasteiger partial charge in [0.2, 0.25) is 0 Å². The van der Waals surface area contributed by atoms with E-state index in [2.05, 4.69) is 30.9 Å². The van der Waals surface area contributed by atoms with Gasteiger partial charge in [0.25, 0.3) is 0 Å². The number of aryl methyl sites for hydroxylation is 1. The number of nitrogens with two attached hydrogens (primary N) is 1. The summed E-state index contributed by atoms with van der Waals surface area (Å²) >= 11 is 0.